The smallest absolute Gasteiger partial charge is 0.282 e. The van der Waals surface area contributed by atoms with Crippen LogP contribution in [-0.2, 0) is 0 Å². The maximum absolute atomic E-state index is 12.7. The molecule has 0 aliphatic rings. The average molecular weight is 436 g/mol. The summed E-state index contributed by atoms with van der Waals surface area (Å²) in [6.07, 6.45) is 0. The molecule has 0 fully saturated rings. The van der Waals surface area contributed by atoms with Gasteiger partial charge >= 0.3 is 0 Å². The third-order valence-corrected chi connectivity index (χ3v) is 4.21. The van der Waals surface area contributed by atoms with E-state index in [0.29, 0.717) is 20.7 Å². The minimum absolute atomic E-state index is 0.273. The highest BCUT2D eigenvalue weighted by Crippen LogP contribution is 2.21. The summed E-state index contributed by atoms with van der Waals surface area (Å²) in [7, 11) is 0. The molecule has 23 heavy (non-hydrogen) atoms. The summed E-state index contributed by atoms with van der Waals surface area (Å²) in [5, 5.41) is 7.25. The van der Waals surface area contributed by atoms with E-state index in [9.17, 15) is 4.79 Å². The van der Waals surface area contributed by atoms with Gasteiger partial charge in [0.1, 0.15) is 0 Å². The minimum Gasteiger partial charge on any atom is -0.324 e. The van der Waals surface area contributed by atoms with E-state index in [1.165, 1.54) is 4.68 Å². The molecule has 1 aromatic heterocycles. The van der Waals surface area contributed by atoms with E-state index in [2.05, 4.69) is 47.3 Å². The molecule has 2 aromatic carbocycles. The second-order valence-corrected chi connectivity index (χ2v) is 6.46. The third-order valence-electron chi connectivity index (χ3n) is 3.19. The summed E-state index contributed by atoms with van der Waals surface area (Å²) < 4.78 is 2.29. The molecule has 0 aliphatic heterocycles. The lowest BCUT2D eigenvalue weighted by molar-refractivity contribution is 0.0946. The van der Waals surface area contributed by atoms with Gasteiger partial charge in [-0.3, -0.25) is 4.79 Å². The van der Waals surface area contributed by atoms with Gasteiger partial charge in [-0.05, 0) is 63.0 Å². The van der Waals surface area contributed by atoms with Crippen molar-refractivity contribution < 1.29 is 4.79 Å². The van der Waals surface area contributed by atoms with Gasteiger partial charge < -0.3 is 5.32 Å². The Morgan fingerprint density at radius 2 is 1.78 bits per heavy atom. The van der Waals surface area contributed by atoms with Gasteiger partial charge in [0.15, 0.2) is 0 Å². The van der Waals surface area contributed by atoms with Gasteiger partial charge in [-0.15, -0.1) is 5.10 Å². The lowest BCUT2D eigenvalue weighted by atomic mass is 10.2. The Kier molecular flexibility index (Phi) is 4.58. The van der Waals surface area contributed by atoms with Crippen molar-refractivity contribution in [2.45, 2.75) is 6.92 Å². The SMILES string of the molecule is Cc1ccc(Nc2nc(Br)nn2C(=O)c2ccccc2Br)cc1. The first-order valence-corrected chi connectivity index (χ1v) is 8.38. The van der Waals surface area contributed by atoms with Gasteiger partial charge in [0.25, 0.3) is 5.91 Å². The lowest BCUT2D eigenvalue weighted by Gasteiger charge is -2.08. The summed E-state index contributed by atoms with van der Waals surface area (Å²) in [4.78, 5) is 16.9. The van der Waals surface area contributed by atoms with Crippen LogP contribution in [0.5, 0.6) is 0 Å². The molecule has 0 aliphatic carbocycles. The number of nitrogens with one attached hydrogen (secondary N) is 1. The molecule has 0 radical (unpaired) electrons. The van der Waals surface area contributed by atoms with Gasteiger partial charge in [-0.25, -0.2) is 0 Å². The van der Waals surface area contributed by atoms with Gasteiger partial charge in [0.05, 0.1) is 5.56 Å². The number of halogens is 2. The number of aromatic nitrogens is 3. The van der Waals surface area contributed by atoms with Crippen molar-refractivity contribution in [3.8, 4) is 0 Å². The van der Waals surface area contributed by atoms with Gasteiger partial charge in [-0.1, -0.05) is 29.8 Å². The van der Waals surface area contributed by atoms with Crippen LogP contribution < -0.4 is 5.32 Å². The van der Waals surface area contributed by atoms with E-state index in [1.807, 2.05) is 43.3 Å². The Hall–Kier alpha value is -1.99. The third kappa shape index (κ3) is 3.51. The summed E-state index contributed by atoms with van der Waals surface area (Å²) in [6, 6.07) is 15.0. The quantitative estimate of drug-likeness (QED) is 0.655. The van der Waals surface area contributed by atoms with E-state index in [4.69, 9.17) is 0 Å². The van der Waals surface area contributed by atoms with Crippen molar-refractivity contribution in [3.05, 3.63) is 68.9 Å². The number of rotatable bonds is 3. The first kappa shape index (κ1) is 15.9. The molecule has 0 saturated carbocycles. The average Bonchev–Trinajstić information content (AvgIpc) is 2.90. The fraction of sp³-hybridized carbons (Fsp3) is 0.0625. The molecule has 0 spiro atoms. The molecule has 116 valence electrons. The molecule has 0 saturated heterocycles. The number of aryl methyl sites for hydroxylation is 1. The number of hydrogen-bond acceptors (Lipinski definition) is 4. The van der Waals surface area contributed by atoms with Gasteiger partial charge in [0.2, 0.25) is 10.7 Å². The van der Waals surface area contributed by atoms with E-state index >= 15 is 0 Å². The molecule has 3 rings (SSSR count). The van der Waals surface area contributed by atoms with Crippen molar-refractivity contribution in [2.75, 3.05) is 5.32 Å². The van der Waals surface area contributed by atoms with Crippen molar-refractivity contribution >= 4 is 49.4 Å². The molecule has 0 atom stereocenters. The number of nitrogens with zero attached hydrogens (tertiary/aromatic N) is 3. The zero-order chi connectivity index (χ0) is 16.4. The van der Waals surface area contributed by atoms with Crippen LogP contribution in [0.15, 0.2) is 57.7 Å². The Morgan fingerprint density at radius 3 is 2.48 bits per heavy atom. The Morgan fingerprint density at radius 1 is 1.09 bits per heavy atom. The summed E-state index contributed by atoms with van der Waals surface area (Å²) in [5.41, 5.74) is 2.50. The lowest BCUT2D eigenvalue weighted by Crippen LogP contribution is -2.16. The number of carbonyl (C=O) groups excluding carboxylic acids is 1. The van der Waals surface area contributed by atoms with Crippen LogP contribution in [0.2, 0.25) is 0 Å². The number of carbonyl (C=O) groups is 1. The van der Waals surface area contributed by atoms with Crippen molar-refractivity contribution in [1.29, 1.82) is 0 Å². The largest absolute Gasteiger partial charge is 0.324 e. The maximum Gasteiger partial charge on any atom is 0.282 e. The highest BCUT2D eigenvalue weighted by Gasteiger charge is 2.19. The highest BCUT2D eigenvalue weighted by molar-refractivity contribution is 9.10. The number of hydrogen-bond donors (Lipinski definition) is 1. The molecule has 0 bridgehead atoms. The van der Waals surface area contributed by atoms with Crippen molar-refractivity contribution in [3.63, 3.8) is 0 Å². The first-order chi connectivity index (χ1) is 11.0. The van der Waals surface area contributed by atoms with Crippen LogP contribution in [-0.4, -0.2) is 20.7 Å². The Balaban J connectivity index is 1.96. The monoisotopic (exact) mass is 434 g/mol. The predicted molar refractivity (Wildman–Crippen MR) is 96.1 cm³/mol. The van der Waals surface area contributed by atoms with Gasteiger partial charge in [-0.2, -0.15) is 9.67 Å². The second kappa shape index (κ2) is 6.64. The molecule has 0 amide bonds. The van der Waals surface area contributed by atoms with Gasteiger partial charge in [0, 0.05) is 10.2 Å². The van der Waals surface area contributed by atoms with E-state index in [1.54, 1.807) is 12.1 Å². The Labute approximate surface area is 150 Å². The fourth-order valence-electron chi connectivity index (χ4n) is 2.02. The summed E-state index contributed by atoms with van der Waals surface area (Å²) in [6.45, 7) is 2.01. The second-order valence-electron chi connectivity index (χ2n) is 4.89. The summed E-state index contributed by atoms with van der Waals surface area (Å²) in [5.74, 6) is 0.0757. The number of benzene rings is 2. The predicted octanol–water partition coefficient (Wildman–Crippen LogP) is 4.54. The zero-order valence-electron chi connectivity index (χ0n) is 12.1. The van der Waals surface area contributed by atoms with Crippen molar-refractivity contribution in [2.24, 2.45) is 0 Å². The fourth-order valence-corrected chi connectivity index (χ4v) is 2.81. The van der Waals surface area contributed by atoms with Crippen LogP contribution in [0.1, 0.15) is 15.9 Å². The molecule has 1 N–H and O–H groups in total. The zero-order valence-corrected chi connectivity index (χ0v) is 15.3. The standard InChI is InChI=1S/C16H12Br2N4O/c1-10-6-8-11(9-7-10)19-16-20-15(18)21-22(16)14(23)12-4-2-3-5-13(12)17/h2-9H,1H3,(H,19,20,21). The van der Waals surface area contributed by atoms with Crippen LogP contribution in [0.4, 0.5) is 11.6 Å². The molecule has 0 unspecified atom stereocenters. The van der Waals surface area contributed by atoms with E-state index in [-0.39, 0.29) is 5.91 Å². The Bertz CT molecular complexity index is 859. The number of anilines is 2. The normalized spacial score (nSPS) is 10.6. The molecular formula is C16H12Br2N4O. The highest BCUT2D eigenvalue weighted by atomic mass is 79.9. The van der Waals surface area contributed by atoms with E-state index in [0.717, 1.165) is 11.3 Å². The first-order valence-electron chi connectivity index (χ1n) is 6.80. The van der Waals surface area contributed by atoms with E-state index < -0.39 is 0 Å². The maximum atomic E-state index is 12.7. The van der Waals surface area contributed by atoms with Crippen LogP contribution >= 0.6 is 31.9 Å². The van der Waals surface area contributed by atoms with Crippen LogP contribution in [0.25, 0.3) is 0 Å². The topological polar surface area (TPSA) is 59.8 Å². The molecule has 7 heteroatoms. The molecule has 1 heterocycles. The van der Waals surface area contributed by atoms with Crippen LogP contribution in [0, 0.1) is 6.92 Å². The molecule has 3 aromatic rings. The molecule has 5 nitrogen and oxygen atoms in total. The molecular weight excluding hydrogens is 424 g/mol. The minimum atomic E-state index is -0.273. The summed E-state index contributed by atoms with van der Waals surface area (Å²) >= 11 is 6.61. The van der Waals surface area contributed by atoms with Crippen LogP contribution in [0.3, 0.4) is 0 Å². The van der Waals surface area contributed by atoms with Crippen molar-refractivity contribution in [1.82, 2.24) is 14.8 Å².